The maximum atomic E-state index is 13.3. The normalized spacial score (nSPS) is 21.7. The molecule has 1 aliphatic rings. The van der Waals surface area contributed by atoms with E-state index in [-0.39, 0.29) is 6.04 Å². The molecular weight excluding hydrogens is 244 g/mol. The van der Waals surface area contributed by atoms with Gasteiger partial charge in [-0.2, -0.15) is 0 Å². The lowest BCUT2D eigenvalue weighted by atomic mass is 10.0. The van der Waals surface area contributed by atoms with Crippen LogP contribution < -0.4 is 5.73 Å². The first-order valence-corrected chi connectivity index (χ1v) is 6.56. The van der Waals surface area contributed by atoms with Crippen LogP contribution >= 0.6 is 11.8 Å². The molecule has 2 atom stereocenters. The minimum absolute atomic E-state index is 0.0369. The fraction of sp³-hybridized carbons (Fsp3) is 0.500. The first-order chi connectivity index (χ1) is 8.16. The second-order valence-corrected chi connectivity index (χ2v) is 5.24. The molecule has 2 nitrogen and oxygen atoms in total. The van der Waals surface area contributed by atoms with Gasteiger partial charge in [0, 0.05) is 29.2 Å². The van der Waals surface area contributed by atoms with Crippen LogP contribution in [0.15, 0.2) is 23.1 Å². The summed E-state index contributed by atoms with van der Waals surface area (Å²) in [6.07, 6.45) is 0.952. The standard InChI is InChI=1S/C12H15F2NOS/c13-9-1-2-10(14)12(5-9)17-7-11(15)8-3-4-16-6-8/h1-2,5,8,11H,3-4,6-7,15H2. The maximum absolute atomic E-state index is 13.3. The zero-order valence-corrected chi connectivity index (χ0v) is 10.2. The Kier molecular flexibility index (Phi) is 4.36. The predicted octanol–water partition coefficient (Wildman–Crippen LogP) is 2.42. The molecule has 2 rings (SSSR count). The first kappa shape index (κ1) is 12.8. The van der Waals surface area contributed by atoms with E-state index < -0.39 is 11.6 Å². The summed E-state index contributed by atoms with van der Waals surface area (Å²) < 4.78 is 31.5. The molecular formula is C12H15F2NOS. The van der Waals surface area contributed by atoms with Crippen LogP contribution in [0, 0.1) is 17.6 Å². The lowest BCUT2D eigenvalue weighted by Gasteiger charge is -2.17. The molecule has 17 heavy (non-hydrogen) atoms. The molecule has 1 heterocycles. The van der Waals surface area contributed by atoms with Crippen LogP contribution in [-0.2, 0) is 4.74 Å². The van der Waals surface area contributed by atoms with Crippen LogP contribution in [-0.4, -0.2) is 25.0 Å². The number of rotatable bonds is 4. The molecule has 2 unspecified atom stereocenters. The highest BCUT2D eigenvalue weighted by molar-refractivity contribution is 7.99. The van der Waals surface area contributed by atoms with Gasteiger partial charge in [-0.25, -0.2) is 8.78 Å². The van der Waals surface area contributed by atoms with Gasteiger partial charge in [0.25, 0.3) is 0 Å². The Labute approximate surface area is 104 Å². The van der Waals surface area contributed by atoms with Gasteiger partial charge < -0.3 is 10.5 Å². The topological polar surface area (TPSA) is 35.2 Å². The van der Waals surface area contributed by atoms with Gasteiger partial charge in [0.05, 0.1) is 6.61 Å². The molecule has 0 amide bonds. The fourth-order valence-electron chi connectivity index (χ4n) is 1.80. The second kappa shape index (κ2) is 5.80. The molecule has 1 aromatic rings. The van der Waals surface area contributed by atoms with Gasteiger partial charge in [-0.3, -0.25) is 0 Å². The van der Waals surface area contributed by atoms with E-state index in [9.17, 15) is 8.78 Å². The number of nitrogens with two attached hydrogens (primary N) is 1. The van der Waals surface area contributed by atoms with Crippen LogP contribution in [0.4, 0.5) is 8.78 Å². The van der Waals surface area contributed by atoms with Crippen molar-refractivity contribution < 1.29 is 13.5 Å². The molecule has 0 bridgehead atoms. The fourth-order valence-corrected chi connectivity index (χ4v) is 2.85. The van der Waals surface area contributed by atoms with Crippen molar-refractivity contribution in [1.29, 1.82) is 0 Å². The Morgan fingerprint density at radius 3 is 3.00 bits per heavy atom. The van der Waals surface area contributed by atoms with Crippen molar-refractivity contribution >= 4 is 11.8 Å². The lowest BCUT2D eigenvalue weighted by molar-refractivity contribution is 0.182. The zero-order chi connectivity index (χ0) is 12.3. The van der Waals surface area contributed by atoms with Crippen LogP contribution in [0.25, 0.3) is 0 Å². The molecule has 5 heteroatoms. The van der Waals surface area contributed by atoms with Crippen LogP contribution in [0.2, 0.25) is 0 Å². The Morgan fingerprint density at radius 2 is 2.29 bits per heavy atom. The molecule has 1 fully saturated rings. The lowest BCUT2D eigenvalue weighted by Crippen LogP contribution is -2.32. The van der Waals surface area contributed by atoms with Gasteiger partial charge >= 0.3 is 0 Å². The highest BCUT2D eigenvalue weighted by atomic mass is 32.2. The molecule has 0 spiro atoms. The average Bonchev–Trinajstić information content (AvgIpc) is 2.83. The Hall–Kier alpha value is -0.650. The predicted molar refractivity (Wildman–Crippen MR) is 64.0 cm³/mol. The highest BCUT2D eigenvalue weighted by Crippen LogP contribution is 2.26. The molecule has 0 radical (unpaired) electrons. The summed E-state index contributed by atoms with van der Waals surface area (Å²) in [6, 6.07) is 3.43. The van der Waals surface area contributed by atoms with Crippen molar-refractivity contribution in [2.75, 3.05) is 19.0 Å². The number of thioether (sulfide) groups is 1. The molecule has 0 aromatic heterocycles. The van der Waals surface area contributed by atoms with Gasteiger partial charge in [0.15, 0.2) is 0 Å². The highest BCUT2D eigenvalue weighted by Gasteiger charge is 2.23. The molecule has 0 aliphatic carbocycles. The molecule has 94 valence electrons. The quantitative estimate of drug-likeness (QED) is 0.843. The molecule has 0 saturated carbocycles. The van der Waals surface area contributed by atoms with Crippen molar-refractivity contribution in [3.8, 4) is 0 Å². The maximum Gasteiger partial charge on any atom is 0.136 e. The number of benzene rings is 1. The molecule has 1 aromatic carbocycles. The van der Waals surface area contributed by atoms with Gasteiger partial charge in [-0.15, -0.1) is 11.8 Å². The second-order valence-electron chi connectivity index (χ2n) is 4.17. The smallest absolute Gasteiger partial charge is 0.136 e. The van der Waals surface area contributed by atoms with E-state index in [1.54, 1.807) is 0 Å². The van der Waals surface area contributed by atoms with Crippen molar-refractivity contribution in [2.45, 2.75) is 17.4 Å². The van der Waals surface area contributed by atoms with Crippen LogP contribution in [0.5, 0.6) is 0 Å². The third-order valence-electron chi connectivity index (χ3n) is 2.89. The molecule has 1 aliphatic heterocycles. The Morgan fingerprint density at radius 1 is 1.47 bits per heavy atom. The van der Waals surface area contributed by atoms with Gasteiger partial charge in [0.1, 0.15) is 11.6 Å². The van der Waals surface area contributed by atoms with E-state index in [0.29, 0.717) is 23.2 Å². The monoisotopic (exact) mass is 259 g/mol. The summed E-state index contributed by atoms with van der Waals surface area (Å²) in [7, 11) is 0. The van der Waals surface area contributed by atoms with Gasteiger partial charge in [-0.05, 0) is 24.6 Å². The number of halogens is 2. The summed E-state index contributed by atoms with van der Waals surface area (Å²) in [5.41, 5.74) is 6.00. The Bertz CT molecular complexity index is 383. The van der Waals surface area contributed by atoms with Crippen molar-refractivity contribution in [2.24, 2.45) is 11.7 Å². The van der Waals surface area contributed by atoms with E-state index in [1.165, 1.54) is 17.8 Å². The third-order valence-corrected chi connectivity index (χ3v) is 4.07. The summed E-state index contributed by atoms with van der Waals surface area (Å²) in [4.78, 5) is 0.319. The minimum atomic E-state index is -0.424. The number of hydrogen-bond acceptors (Lipinski definition) is 3. The van der Waals surface area contributed by atoms with Crippen molar-refractivity contribution in [3.05, 3.63) is 29.8 Å². The summed E-state index contributed by atoms with van der Waals surface area (Å²) in [6.45, 7) is 1.42. The van der Waals surface area contributed by atoms with E-state index in [0.717, 1.165) is 25.2 Å². The number of hydrogen-bond donors (Lipinski definition) is 1. The van der Waals surface area contributed by atoms with Crippen LogP contribution in [0.3, 0.4) is 0 Å². The van der Waals surface area contributed by atoms with Crippen LogP contribution in [0.1, 0.15) is 6.42 Å². The van der Waals surface area contributed by atoms with E-state index >= 15 is 0 Å². The van der Waals surface area contributed by atoms with E-state index in [2.05, 4.69) is 0 Å². The Balaban J connectivity index is 1.90. The first-order valence-electron chi connectivity index (χ1n) is 5.58. The molecule has 2 N–H and O–H groups in total. The van der Waals surface area contributed by atoms with E-state index in [4.69, 9.17) is 10.5 Å². The SMILES string of the molecule is NC(CSc1cc(F)ccc1F)C1CCOC1. The van der Waals surface area contributed by atoms with Gasteiger partial charge in [-0.1, -0.05) is 0 Å². The minimum Gasteiger partial charge on any atom is -0.381 e. The summed E-state index contributed by atoms with van der Waals surface area (Å²) in [5.74, 6) is 0.0889. The third kappa shape index (κ3) is 3.40. The summed E-state index contributed by atoms with van der Waals surface area (Å²) in [5, 5.41) is 0. The summed E-state index contributed by atoms with van der Waals surface area (Å²) >= 11 is 1.26. The van der Waals surface area contributed by atoms with Crippen molar-refractivity contribution in [1.82, 2.24) is 0 Å². The van der Waals surface area contributed by atoms with E-state index in [1.807, 2.05) is 0 Å². The van der Waals surface area contributed by atoms with Gasteiger partial charge in [0.2, 0.25) is 0 Å². The zero-order valence-electron chi connectivity index (χ0n) is 9.36. The average molecular weight is 259 g/mol. The molecule has 1 saturated heterocycles. The number of ether oxygens (including phenoxy) is 1. The largest absolute Gasteiger partial charge is 0.381 e. The van der Waals surface area contributed by atoms with Crippen molar-refractivity contribution in [3.63, 3.8) is 0 Å².